The zero-order valence-electron chi connectivity index (χ0n) is 11.1. The molecule has 0 aliphatic carbocycles. The van der Waals surface area contributed by atoms with Crippen molar-refractivity contribution in [2.24, 2.45) is 0 Å². The Bertz CT molecular complexity index is 740. The lowest BCUT2D eigenvalue weighted by molar-refractivity contribution is 0.628. The third-order valence-corrected chi connectivity index (χ3v) is 3.38. The predicted octanol–water partition coefficient (Wildman–Crippen LogP) is 4.28. The standard InChI is InChI=1S/C16H13ClFN3/c17-15-7-6-12(18)10-16(15)19-11-13-8-9-21(20-13)14-4-2-1-3-5-14/h1-10,19H,11H2. The van der Waals surface area contributed by atoms with Gasteiger partial charge in [-0.25, -0.2) is 9.07 Å². The summed E-state index contributed by atoms with van der Waals surface area (Å²) in [6, 6.07) is 16.0. The van der Waals surface area contributed by atoms with Crippen molar-refractivity contribution in [3.8, 4) is 5.69 Å². The van der Waals surface area contributed by atoms with Crippen LogP contribution in [-0.4, -0.2) is 9.78 Å². The second-order valence-electron chi connectivity index (χ2n) is 4.56. The van der Waals surface area contributed by atoms with Gasteiger partial charge in [-0.05, 0) is 36.4 Å². The Kier molecular flexibility index (Phi) is 3.88. The number of para-hydroxylation sites is 1. The second-order valence-corrected chi connectivity index (χ2v) is 4.97. The molecule has 1 aromatic heterocycles. The zero-order valence-corrected chi connectivity index (χ0v) is 11.9. The summed E-state index contributed by atoms with van der Waals surface area (Å²) in [6.45, 7) is 0.475. The smallest absolute Gasteiger partial charge is 0.125 e. The van der Waals surface area contributed by atoms with Crippen molar-refractivity contribution >= 4 is 17.3 Å². The Morgan fingerprint density at radius 3 is 2.71 bits per heavy atom. The van der Waals surface area contributed by atoms with Gasteiger partial charge in [-0.1, -0.05) is 29.8 Å². The Balaban J connectivity index is 1.72. The summed E-state index contributed by atoms with van der Waals surface area (Å²) in [5, 5.41) is 8.04. The third kappa shape index (κ3) is 3.23. The fourth-order valence-electron chi connectivity index (χ4n) is 2.00. The molecule has 0 spiro atoms. The minimum Gasteiger partial charge on any atom is -0.378 e. The molecule has 3 aromatic rings. The lowest BCUT2D eigenvalue weighted by Crippen LogP contribution is -2.02. The van der Waals surface area contributed by atoms with Crippen LogP contribution in [0.3, 0.4) is 0 Å². The Morgan fingerprint density at radius 1 is 1.10 bits per heavy atom. The van der Waals surface area contributed by atoms with Crippen molar-refractivity contribution in [2.75, 3.05) is 5.32 Å². The average molecular weight is 302 g/mol. The minimum atomic E-state index is -0.322. The molecule has 1 heterocycles. The molecule has 21 heavy (non-hydrogen) atoms. The molecule has 0 atom stereocenters. The van der Waals surface area contributed by atoms with E-state index < -0.39 is 0 Å². The summed E-state index contributed by atoms with van der Waals surface area (Å²) in [7, 11) is 0. The number of nitrogens with one attached hydrogen (secondary N) is 1. The molecule has 1 N–H and O–H groups in total. The molecular weight excluding hydrogens is 289 g/mol. The van der Waals surface area contributed by atoms with E-state index in [9.17, 15) is 4.39 Å². The van der Waals surface area contributed by atoms with E-state index in [1.807, 2.05) is 42.6 Å². The van der Waals surface area contributed by atoms with Crippen LogP contribution in [0.2, 0.25) is 5.02 Å². The van der Waals surface area contributed by atoms with E-state index in [4.69, 9.17) is 11.6 Å². The number of hydrogen-bond donors (Lipinski definition) is 1. The maximum atomic E-state index is 13.2. The van der Waals surface area contributed by atoms with Gasteiger partial charge in [0.05, 0.1) is 28.6 Å². The van der Waals surface area contributed by atoms with Crippen molar-refractivity contribution < 1.29 is 4.39 Å². The maximum absolute atomic E-state index is 13.2. The summed E-state index contributed by atoms with van der Waals surface area (Å²) < 4.78 is 15.0. The monoisotopic (exact) mass is 301 g/mol. The van der Waals surface area contributed by atoms with Gasteiger partial charge < -0.3 is 5.32 Å². The highest BCUT2D eigenvalue weighted by atomic mass is 35.5. The number of halogens is 2. The SMILES string of the molecule is Fc1ccc(Cl)c(NCc2ccn(-c3ccccc3)n2)c1. The van der Waals surface area contributed by atoms with Crippen LogP contribution in [0.15, 0.2) is 60.8 Å². The fraction of sp³-hybridized carbons (Fsp3) is 0.0625. The van der Waals surface area contributed by atoms with Gasteiger partial charge in [0, 0.05) is 6.20 Å². The van der Waals surface area contributed by atoms with Crippen molar-refractivity contribution in [1.82, 2.24) is 9.78 Å². The van der Waals surface area contributed by atoms with E-state index >= 15 is 0 Å². The van der Waals surface area contributed by atoms with Crippen LogP contribution >= 0.6 is 11.6 Å². The Labute approximate surface area is 127 Å². The van der Waals surface area contributed by atoms with Crippen molar-refractivity contribution in [3.05, 3.63) is 77.3 Å². The van der Waals surface area contributed by atoms with Crippen LogP contribution in [-0.2, 0) is 6.54 Å². The predicted molar refractivity (Wildman–Crippen MR) is 82.3 cm³/mol. The minimum absolute atomic E-state index is 0.322. The highest BCUT2D eigenvalue weighted by Gasteiger charge is 2.04. The molecule has 0 aliphatic rings. The molecule has 0 unspecified atom stereocenters. The first kappa shape index (κ1) is 13.6. The molecule has 3 rings (SSSR count). The van der Waals surface area contributed by atoms with Crippen LogP contribution in [0.4, 0.5) is 10.1 Å². The molecule has 106 valence electrons. The van der Waals surface area contributed by atoms with Gasteiger partial charge in [-0.3, -0.25) is 0 Å². The highest BCUT2D eigenvalue weighted by Crippen LogP contribution is 2.22. The second kappa shape index (κ2) is 5.97. The van der Waals surface area contributed by atoms with E-state index in [1.54, 1.807) is 4.68 Å². The number of rotatable bonds is 4. The highest BCUT2D eigenvalue weighted by molar-refractivity contribution is 6.33. The Morgan fingerprint density at radius 2 is 1.90 bits per heavy atom. The lowest BCUT2D eigenvalue weighted by atomic mass is 10.3. The van der Waals surface area contributed by atoms with Gasteiger partial charge in [0.25, 0.3) is 0 Å². The molecular formula is C16H13ClFN3. The van der Waals surface area contributed by atoms with Crippen molar-refractivity contribution in [2.45, 2.75) is 6.54 Å². The number of hydrogen-bond acceptors (Lipinski definition) is 2. The zero-order chi connectivity index (χ0) is 14.7. The third-order valence-electron chi connectivity index (χ3n) is 3.05. The molecule has 0 bridgehead atoms. The first-order valence-corrected chi connectivity index (χ1v) is 6.89. The maximum Gasteiger partial charge on any atom is 0.125 e. The molecule has 0 aliphatic heterocycles. The van der Waals surface area contributed by atoms with Gasteiger partial charge in [-0.15, -0.1) is 0 Å². The van der Waals surface area contributed by atoms with E-state index in [-0.39, 0.29) is 5.82 Å². The molecule has 3 nitrogen and oxygen atoms in total. The largest absolute Gasteiger partial charge is 0.378 e. The van der Waals surface area contributed by atoms with E-state index in [0.29, 0.717) is 17.3 Å². The molecule has 0 radical (unpaired) electrons. The normalized spacial score (nSPS) is 10.6. The number of anilines is 1. The number of benzene rings is 2. The van der Waals surface area contributed by atoms with Crippen molar-refractivity contribution in [3.63, 3.8) is 0 Å². The summed E-state index contributed by atoms with van der Waals surface area (Å²) in [5.74, 6) is -0.322. The Hall–Kier alpha value is -2.33. The van der Waals surface area contributed by atoms with E-state index in [2.05, 4.69) is 10.4 Å². The van der Waals surface area contributed by atoms with E-state index in [1.165, 1.54) is 18.2 Å². The lowest BCUT2D eigenvalue weighted by Gasteiger charge is -2.06. The molecule has 0 fully saturated rings. The van der Waals surface area contributed by atoms with Crippen LogP contribution < -0.4 is 5.32 Å². The first-order chi connectivity index (χ1) is 10.2. The van der Waals surface area contributed by atoms with Gasteiger partial charge >= 0.3 is 0 Å². The van der Waals surface area contributed by atoms with Crippen molar-refractivity contribution in [1.29, 1.82) is 0 Å². The fourth-order valence-corrected chi connectivity index (χ4v) is 2.18. The van der Waals surface area contributed by atoms with Crippen LogP contribution in [0, 0.1) is 5.82 Å². The molecule has 5 heteroatoms. The molecule has 2 aromatic carbocycles. The van der Waals surface area contributed by atoms with E-state index in [0.717, 1.165) is 11.4 Å². The summed E-state index contributed by atoms with van der Waals surface area (Å²) >= 11 is 6.01. The van der Waals surface area contributed by atoms with Crippen LogP contribution in [0.5, 0.6) is 0 Å². The molecule has 0 saturated heterocycles. The molecule has 0 amide bonds. The van der Waals surface area contributed by atoms with Crippen LogP contribution in [0.25, 0.3) is 5.69 Å². The number of nitrogens with zero attached hydrogens (tertiary/aromatic N) is 2. The average Bonchev–Trinajstić information content (AvgIpc) is 2.98. The van der Waals surface area contributed by atoms with Gasteiger partial charge in [0.15, 0.2) is 0 Å². The van der Waals surface area contributed by atoms with Crippen LogP contribution in [0.1, 0.15) is 5.69 Å². The van der Waals surface area contributed by atoms with Gasteiger partial charge in [-0.2, -0.15) is 5.10 Å². The van der Waals surface area contributed by atoms with Gasteiger partial charge in [0.1, 0.15) is 5.82 Å². The molecule has 0 saturated carbocycles. The van der Waals surface area contributed by atoms with Gasteiger partial charge in [0.2, 0.25) is 0 Å². The summed E-state index contributed by atoms with van der Waals surface area (Å²) in [6.07, 6.45) is 1.89. The topological polar surface area (TPSA) is 29.9 Å². The summed E-state index contributed by atoms with van der Waals surface area (Å²) in [4.78, 5) is 0. The first-order valence-electron chi connectivity index (χ1n) is 6.51. The quantitative estimate of drug-likeness (QED) is 0.779. The summed E-state index contributed by atoms with van der Waals surface area (Å²) in [5.41, 5.74) is 2.40. The number of aromatic nitrogens is 2.